The van der Waals surface area contributed by atoms with Gasteiger partial charge in [-0.1, -0.05) is 11.6 Å². The zero-order valence-electron chi connectivity index (χ0n) is 13.5. The number of halogens is 3. The number of fused-ring (bicyclic) bond motifs is 3. The van der Waals surface area contributed by atoms with Gasteiger partial charge >= 0.3 is 0 Å². The van der Waals surface area contributed by atoms with Crippen molar-refractivity contribution < 1.29 is 8.78 Å². The van der Waals surface area contributed by atoms with E-state index in [9.17, 15) is 8.78 Å². The van der Waals surface area contributed by atoms with Crippen molar-refractivity contribution in [1.82, 2.24) is 9.97 Å². The number of aliphatic imine (C=N–C) groups is 1. The Kier molecular flexibility index (Phi) is 4.25. The zero-order valence-corrected chi connectivity index (χ0v) is 14.2. The Balaban J connectivity index is 1.61. The second-order valence-corrected chi connectivity index (χ2v) is 6.63. The molecule has 0 atom stereocenters. The van der Waals surface area contributed by atoms with Crippen LogP contribution >= 0.6 is 11.6 Å². The molecule has 3 nitrogen and oxygen atoms in total. The van der Waals surface area contributed by atoms with Gasteiger partial charge in [0.15, 0.2) is 11.6 Å². The third kappa shape index (κ3) is 3.16. The number of H-pyrrole nitrogens is 1. The zero-order chi connectivity index (χ0) is 17.4. The van der Waals surface area contributed by atoms with E-state index in [-0.39, 0.29) is 0 Å². The van der Waals surface area contributed by atoms with Crippen molar-refractivity contribution >= 4 is 28.2 Å². The molecule has 6 heteroatoms. The molecule has 4 rings (SSSR count). The first-order valence-electron chi connectivity index (χ1n) is 8.25. The predicted molar refractivity (Wildman–Crippen MR) is 95.5 cm³/mol. The second kappa shape index (κ2) is 6.56. The molecule has 2 heterocycles. The van der Waals surface area contributed by atoms with Crippen LogP contribution in [0.25, 0.3) is 10.9 Å². The largest absolute Gasteiger partial charge is 0.353 e. The van der Waals surface area contributed by atoms with E-state index in [1.165, 1.54) is 12.1 Å². The SMILES string of the molecule is Fc1cc2[nH]c3c(c2cc1F)CCCC3=NCCc1ccc(Cl)cn1. The molecule has 1 aliphatic rings. The standard InChI is InChI=1S/C19H16ClF2N3/c20-11-4-5-12(24-10-11)6-7-23-17-3-1-2-13-14-8-15(21)16(22)9-18(14)25-19(13)17/h4-5,8-10,25H,1-3,6-7H2. The molecule has 1 aromatic carbocycles. The molecule has 0 bridgehead atoms. The van der Waals surface area contributed by atoms with Gasteiger partial charge in [-0.05, 0) is 43.0 Å². The average molecular weight is 360 g/mol. The molecular weight excluding hydrogens is 344 g/mol. The molecule has 0 fully saturated rings. The molecule has 0 amide bonds. The van der Waals surface area contributed by atoms with Gasteiger partial charge in [0, 0.05) is 41.8 Å². The highest BCUT2D eigenvalue weighted by molar-refractivity contribution is 6.30. The summed E-state index contributed by atoms with van der Waals surface area (Å²) in [5, 5.41) is 1.37. The minimum atomic E-state index is -0.835. The summed E-state index contributed by atoms with van der Waals surface area (Å²) in [4.78, 5) is 12.2. The van der Waals surface area contributed by atoms with Gasteiger partial charge in [-0.3, -0.25) is 9.98 Å². The summed E-state index contributed by atoms with van der Waals surface area (Å²) in [5.41, 5.74) is 4.47. The summed E-state index contributed by atoms with van der Waals surface area (Å²) < 4.78 is 27.1. The lowest BCUT2D eigenvalue weighted by Crippen LogP contribution is -2.12. The van der Waals surface area contributed by atoms with Crippen LogP contribution in [0.2, 0.25) is 5.02 Å². The lowest BCUT2D eigenvalue weighted by Gasteiger charge is -2.14. The number of nitrogens with zero attached hydrogens (tertiary/aromatic N) is 2. The van der Waals surface area contributed by atoms with E-state index in [2.05, 4.69) is 9.97 Å². The Morgan fingerprint density at radius 2 is 2.00 bits per heavy atom. The quantitative estimate of drug-likeness (QED) is 0.712. The summed E-state index contributed by atoms with van der Waals surface area (Å²) in [5.74, 6) is -1.65. The molecule has 0 saturated heterocycles. The Morgan fingerprint density at radius 1 is 1.16 bits per heavy atom. The fourth-order valence-electron chi connectivity index (χ4n) is 3.33. The third-order valence-electron chi connectivity index (χ3n) is 4.54. The normalized spacial score (nSPS) is 15.7. The van der Waals surface area contributed by atoms with Crippen LogP contribution in [-0.2, 0) is 12.8 Å². The molecule has 3 aromatic rings. The van der Waals surface area contributed by atoms with Gasteiger partial charge in [-0.15, -0.1) is 0 Å². The molecule has 0 spiro atoms. The van der Waals surface area contributed by atoms with Crippen molar-refractivity contribution in [2.75, 3.05) is 6.54 Å². The van der Waals surface area contributed by atoms with Gasteiger partial charge in [0.1, 0.15) is 0 Å². The van der Waals surface area contributed by atoms with Gasteiger partial charge in [0.05, 0.1) is 16.4 Å². The summed E-state index contributed by atoms with van der Waals surface area (Å²) in [6, 6.07) is 6.21. The van der Waals surface area contributed by atoms with Gasteiger partial charge in [-0.25, -0.2) is 8.78 Å². The van der Waals surface area contributed by atoms with E-state index >= 15 is 0 Å². The van der Waals surface area contributed by atoms with Gasteiger partial charge in [0.2, 0.25) is 0 Å². The van der Waals surface area contributed by atoms with E-state index in [0.29, 0.717) is 17.1 Å². The summed E-state index contributed by atoms with van der Waals surface area (Å²) >= 11 is 5.84. The molecular formula is C19H16ClF2N3. The topological polar surface area (TPSA) is 41.0 Å². The Bertz CT molecular complexity index is 961. The average Bonchev–Trinajstić information content (AvgIpc) is 2.95. The molecule has 25 heavy (non-hydrogen) atoms. The van der Waals surface area contributed by atoms with Gasteiger partial charge < -0.3 is 4.98 Å². The second-order valence-electron chi connectivity index (χ2n) is 6.19. The molecule has 128 valence electrons. The highest BCUT2D eigenvalue weighted by Gasteiger charge is 2.21. The highest BCUT2D eigenvalue weighted by Crippen LogP contribution is 2.30. The van der Waals surface area contributed by atoms with E-state index in [1.807, 2.05) is 12.1 Å². The van der Waals surface area contributed by atoms with E-state index in [0.717, 1.165) is 53.7 Å². The van der Waals surface area contributed by atoms with Gasteiger partial charge in [-0.2, -0.15) is 0 Å². The van der Waals surface area contributed by atoms with Crippen molar-refractivity contribution in [1.29, 1.82) is 0 Å². The van der Waals surface area contributed by atoms with E-state index < -0.39 is 11.6 Å². The number of benzene rings is 1. The van der Waals surface area contributed by atoms with Crippen LogP contribution in [0.3, 0.4) is 0 Å². The molecule has 0 radical (unpaired) electrons. The fourth-order valence-corrected chi connectivity index (χ4v) is 3.44. The number of aromatic nitrogens is 2. The number of aryl methyl sites for hydroxylation is 1. The van der Waals surface area contributed by atoms with Crippen LogP contribution in [0.4, 0.5) is 8.78 Å². The van der Waals surface area contributed by atoms with Crippen LogP contribution in [-0.4, -0.2) is 22.2 Å². The van der Waals surface area contributed by atoms with Crippen molar-refractivity contribution in [3.63, 3.8) is 0 Å². The van der Waals surface area contributed by atoms with Crippen molar-refractivity contribution in [2.45, 2.75) is 25.7 Å². The highest BCUT2D eigenvalue weighted by atomic mass is 35.5. The molecule has 2 aromatic heterocycles. The van der Waals surface area contributed by atoms with Crippen LogP contribution in [0.1, 0.15) is 29.8 Å². The first-order chi connectivity index (χ1) is 12.1. The van der Waals surface area contributed by atoms with Crippen molar-refractivity contribution in [3.8, 4) is 0 Å². The molecule has 0 saturated carbocycles. The van der Waals surface area contributed by atoms with E-state index in [4.69, 9.17) is 16.6 Å². The number of hydrogen-bond donors (Lipinski definition) is 1. The minimum absolute atomic E-state index is 0.613. The molecule has 1 N–H and O–H groups in total. The molecule has 1 aliphatic carbocycles. The predicted octanol–water partition coefficient (Wildman–Crippen LogP) is 4.86. The van der Waals surface area contributed by atoms with Crippen LogP contribution in [0, 0.1) is 11.6 Å². The summed E-state index contributed by atoms with van der Waals surface area (Å²) in [6.07, 6.45) is 5.01. The summed E-state index contributed by atoms with van der Waals surface area (Å²) in [6.45, 7) is 0.613. The van der Waals surface area contributed by atoms with Gasteiger partial charge in [0.25, 0.3) is 0 Å². The number of rotatable bonds is 3. The van der Waals surface area contributed by atoms with Crippen LogP contribution < -0.4 is 0 Å². The monoisotopic (exact) mass is 359 g/mol. The number of hydrogen-bond acceptors (Lipinski definition) is 2. The summed E-state index contributed by atoms with van der Waals surface area (Å²) in [7, 11) is 0. The number of pyridine rings is 1. The van der Waals surface area contributed by atoms with Crippen LogP contribution in [0.15, 0.2) is 35.5 Å². The lowest BCUT2D eigenvalue weighted by atomic mass is 9.94. The first-order valence-corrected chi connectivity index (χ1v) is 8.63. The smallest absolute Gasteiger partial charge is 0.160 e. The Hall–Kier alpha value is -2.27. The van der Waals surface area contributed by atoms with E-state index in [1.54, 1.807) is 6.20 Å². The Morgan fingerprint density at radius 3 is 2.80 bits per heavy atom. The van der Waals surface area contributed by atoms with Crippen molar-refractivity contribution in [2.24, 2.45) is 4.99 Å². The third-order valence-corrected chi connectivity index (χ3v) is 4.76. The first kappa shape index (κ1) is 16.2. The number of nitrogens with one attached hydrogen (secondary N) is 1. The molecule has 0 unspecified atom stereocenters. The maximum atomic E-state index is 13.6. The number of aromatic amines is 1. The Labute approximate surface area is 148 Å². The minimum Gasteiger partial charge on any atom is -0.353 e. The van der Waals surface area contributed by atoms with Crippen molar-refractivity contribution in [3.05, 3.63) is 64.1 Å². The lowest BCUT2D eigenvalue weighted by molar-refractivity contribution is 0.511. The maximum Gasteiger partial charge on any atom is 0.160 e. The maximum absolute atomic E-state index is 13.6. The van der Waals surface area contributed by atoms with Crippen LogP contribution in [0.5, 0.6) is 0 Å². The fraction of sp³-hybridized carbons (Fsp3) is 0.263. The molecule has 0 aliphatic heterocycles.